The molecule has 0 atom stereocenters. The molecule has 0 unspecified atom stereocenters. The number of fused-ring (bicyclic) bond motifs is 1. The van der Waals surface area contributed by atoms with E-state index in [-0.39, 0.29) is 30.6 Å². The van der Waals surface area contributed by atoms with Crippen molar-refractivity contribution in [1.82, 2.24) is 0 Å². The summed E-state index contributed by atoms with van der Waals surface area (Å²) in [6, 6.07) is 10.4. The number of hydrogen-bond acceptors (Lipinski definition) is 5. The van der Waals surface area contributed by atoms with Crippen LogP contribution in [0.15, 0.2) is 36.4 Å². The Morgan fingerprint density at radius 1 is 1.17 bits per heavy atom. The largest absolute Gasteiger partial charge is 0.494 e. The predicted molar refractivity (Wildman–Crippen MR) is 120 cm³/mol. The second-order valence-corrected chi connectivity index (χ2v) is 8.84. The summed E-state index contributed by atoms with van der Waals surface area (Å²) in [6.45, 7) is 9.29. The summed E-state index contributed by atoms with van der Waals surface area (Å²) < 4.78 is 24.8. The van der Waals surface area contributed by atoms with E-state index < -0.39 is 0 Å². The van der Waals surface area contributed by atoms with Crippen molar-refractivity contribution >= 4 is 30.2 Å². The SMILES string of the molecule is CN1CCc2cc(B3OC(C)(C)C(C)(C)O3)cc(N)c21.O=CCc1ccccc1F. The van der Waals surface area contributed by atoms with Crippen LogP contribution in [0.2, 0.25) is 0 Å². The summed E-state index contributed by atoms with van der Waals surface area (Å²) in [7, 11) is 1.75. The van der Waals surface area contributed by atoms with Crippen molar-refractivity contribution in [2.45, 2.75) is 51.7 Å². The van der Waals surface area contributed by atoms with Crippen molar-refractivity contribution in [1.29, 1.82) is 0 Å². The maximum Gasteiger partial charge on any atom is 0.494 e. The number of aldehydes is 1. The predicted octanol–water partition coefficient (Wildman–Crippen LogP) is 3.13. The molecule has 0 aromatic heterocycles. The molecule has 2 N–H and O–H groups in total. The van der Waals surface area contributed by atoms with Gasteiger partial charge in [-0.25, -0.2) is 4.39 Å². The summed E-state index contributed by atoms with van der Waals surface area (Å²) in [4.78, 5) is 12.2. The first-order valence-corrected chi connectivity index (χ1v) is 10.2. The van der Waals surface area contributed by atoms with E-state index in [1.807, 2.05) is 6.07 Å². The minimum Gasteiger partial charge on any atom is -0.399 e. The van der Waals surface area contributed by atoms with Crippen LogP contribution in [0.4, 0.5) is 15.8 Å². The van der Waals surface area contributed by atoms with Gasteiger partial charge in [-0.1, -0.05) is 24.3 Å². The van der Waals surface area contributed by atoms with Gasteiger partial charge in [0.05, 0.1) is 22.6 Å². The van der Waals surface area contributed by atoms with Gasteiger partial charge in [0.2, 0.25) is 0 Å². The number of anilines is 2. The van der Waals surface area contributed by atoms with E-state index in [1.54, 1.807) is 18.2 Å². The average Bonchev–Trinajstić information content (AvgIpc) is 3.14. The van der Waals surface area contributed by atoms with Crippen LogP contribution >= 0.6 is 0 Å². The lowest BCUT2D eigenvalue weighted by Crippen LogP contribution is -2.41. The molecule has 2 aliphatic rings. The fourth-order valence-electron chi connectivity index (χ4n) is 3.67. The van der Waals surface area contributed by atoms with Crippen molar-refractivity contribution < 1.29 is 18.5 Å². The van der Waals surface area contributed by atoms with Crippen LogP contribution in [0.3, 0.4) is 0 Å². The molecule has 0 saturated carbocycles. The lowest BCUT2D eigenvalue weighted by Gasteiger charge is -2.32. The number of carbonyl (C=O) groups is 1. The molecular formula is C23H30BFN2O3. The van der Waals surface area contributed by atoms with Crippen molar-refractivity contribution in [2.24, 2.45) is 0 Å². The monoisotopic (exact) mass is 412 g/mol. The molecule has 0 spiro atoms. The first-order chi connectivity index (χ1) is 14.1. The maximum absolute atomic E-state index is 12.6. The van der Waals surface area contributed by atoms with Crippen LogP contribution in [0.25, 0.3) is 0 Å². The number of hydrogen-bond donors (Lipinski definition) is 1. The van der Waals surface area contributed by atoms with Crippen LogP contribution in [0.1, 0.15) is 38.8 Å². The molecule has 2 heterocycles. The van der Waals surface area contributed by atoms with Gasteiger partial charge in [-0.3, -0.25) is 0 Å². The Labute approximate surface area is 178 Å². The number of halogens is 1. The highest BCUT2D eigenvalue weighted by Gasteiger charge is 2.51. The van der Waals surface area contributed by atoms with Gasteiger partial charge in [0.15, 0.2) is 0 Å². The van der Waals surface area contributed by atoms with Gasteiger partial charge in [-0.05, 0) is 62.8 Å². The summed E-state index contributed by atoms with van der Waals surface area (Å²) in [5.41, 5.74) is 10.3. The first kappa shape index (κ1) is 22.3. The van der Waals surface area contributed by atoms with Crippen LogP contribution < -0.4 is 16.1 Å². The third-order valence-electron chi connectivity index (χ3n) is 6.13. The number of benzene rings is 2. The quantitative estimate of drug-likeness (QED) is 0.477. The highest BCUT2D eigenvalue weighted by atomic mass is 19.1. The van der Waals surface area contributed by atoms with Crippen LogP contribution in [0.5, 0.6) is 0 Å². The van der Waals surface area contributed by atoms with E-state index in [2.05, 4.69) is 45.7 Å². The van der Waals surface area contributed by atoms with E-state index in [1.165, 1.54) is 11.6 Å². The molecule has 0 bridgehead atoms. The maximum atomic E-state index is 12.6. The van der Waals surface area contributed by atoms with Crippen molar-refractivity contribution in [3.63, 3.8) is 0 Å². The van der Waals surface area contributed by atoms with E-state index in [4.69, 9.17) is 15.0 Å². The average molecular weight is 412 g/mol. The lowest BCUT2D eigenvalue weighted by atomic mass is 9.77. The minimum absolute atomic E-state index is 0.159. The van der Waals surface area contributed by atoms with E-state index in [9.17, 15) is 9.18 Å². The molecule has 1 fully saturated rings. The van der Waals surface area contributed by atoms with Gasteiger partial charge in [-0.2, -0.15) is 0 Å². The summed E-state index contributed by atoms with van der Waals surface area (Å²) in [5, 5.41) is 0. The number of rotatable bonds is 3. The fraction of sp³-hybridized carbons (Fsp3) is 0.435. The van der Waals surface area contributed by atoms with Gasteiger partial charge < -0.3 is 24.7 Å². The van der Waals surface area contributed by atoms with Gasteiger partial charge >= 0.3 is 7.12 Å². The Morgan fingerprint density at radius 3 is 2.40 bits per heavy atom. The molecular weight excluding hydrogens is 382 g/mol. The summed E-state index contributed by atoms with van der Waals surface area (Å²) in [6.07, 6.45) is 1.88. The number of nitrogens with zero attached hydrogens (tertiary/aromatic N) is 1. The first-order valence-electron chi connectivity index (χ1n) is 10.2. The van der Waals surface area contributed by atoms with Crippen LogP contribution in [-0.4, -0.2) is 38.2 Å². The Morgan fingerprint density at radius 2 is 1.80 bits per heavy atom. The Bertz CT molecular complexity index is 917. The van der Waals surface area contributed by atoms with Gasteiger partial charge in [-0.15, -0.1) is 0 Å². The topological polar surface area (TPSA) is 64.8 Å². The third kappa shape index (κ3) is 4.37. The molecule has 7 heteroatoms. The Balaban J connectivity index is 0.000000216. The molecule has 160 valence electrons. The number of carbonyl (C=O) groups excluding carboxylic acids is 1. The molecule has 2 aliphatic heterocycles. The van der Waals surface area contributed by atoms with Crippen molar-refractivity contribution in [3.8, 4) is 0 Å². The number of nitrogen functional groups attached to an aromatic ring is 1. The van der Waals surface area contributed by atoms with E-state index in [0.717, 1.165) is 29.8 Å². The number of likely N-dealkylation sites (N-methyl/N-ethyl adjacent to an activating group) is 1. The molecule has 5 nitrogen and oxygen atoms in total. The fourth-order valence-corrected chi connectivity index (χ4v) is 3.67. The zero-order valence-electron chi connectivity index (χ0n) is 18.4. The normalized spacial score (nSPS) is 18.6. The van der Waals surface area contributed by atoms with Crippen LogP contribution in [0, 0.1) is 5.82 Å². The second kappa shape index (κ2) is 8.40. The number of nitrogens with two attached hydrogens (primary N) is 1. The van der Waals surface area contributed by atoms with Gasteiger partial charge in [0.25, 0.3) is 0 Å². The molecule has 0 aliphatic carbocycles. The Hall–Kier alpha value is -2.38. The smallest absolute Gasteiger partial charge is 0.399 e. The molecule has 0 amide bonds. The zero-order valence-corrected chi connectivity index (χ0v) is 18.4. The molecule has 4 rings (SSSR count). The van der Waals surface area contributed by atoms with Crippen molar-refractivity contribution in [2.75, 3.05) is 24.2 Å². The van der Waals surface area contributed by atoms with E-state index in [0.29, 0.717) is 11.8 Å². The summed E-state index contributed by atoms with van der Waals surface area (Å²) in [5.74, 6) is -0.311. The molecule has 2 aromatic rings. The molecule has 2 aromatic carbocycles. The third-order valence-corrected chi connectivity index (χ3v) is 6.13. The highest BCUT2D eigenvalue weighted by Crippen LogP contribution is 2.38. The van der Waals surface area contributed by atoms with Gasteiger partial charge in [0, 0.05) is 20.0 Å². The second-order valence-electron chi connectivity index (χ2n) is 8.84. The van der Waals surface area contributed by atoms with Gasteiger partial charge in [0.1, 0.15) is 12.1 Å². The molecule has 0 radical (unpaired) electrons. The van der Waals surface area contributed by atoms with Crippen LogP contribution in [-0.2, 0) is 26.9 Å². The Kier molecular flexibility index (Phi) is 6.25. The lowest BCUT2D eigenvalue weighted by molar-refractivity contribution is -0.107. The molecule has 1 saturated heterocycles. The van der Waals surface area contributed by atoms with Crippen molar-refractivity contribution in [3.05, 3.63) is 53.3 Å². The standard InChI is InChI=1S/C15H23BN2O2.C8H7FO/c1-14(2)15(3,4)20-16(19-14)11-8-10-6-7-18(5)13(10)12(17)9-11;9-8-4-2-1-3-7(8)5-6-10/h8-9H,6-7,17H2,1-5H3;1-4,6H,5H2. The molecule has 30 heavy (non-hydrogen) atoms. The zero-order chi connectivity index (χ0) is 22.1. The minimum atomic E-state index is -0.335. The highest BCUT2D eigenvalue weighted by molar-refractivity contribution is 6.62. The van der Waals surface area contributed by atoms with E-state index >= 15 is 0 Å². The summed E-state index contributed by atoms with van der Waals surface area (Å²) >= 11 is 0.